The predicted octanol–water partition coefficient (Wildman–Crippen LogP) is 1.26. The molecule has 1 rings (SSSR count). The molecule has 0 fully saturated rings. The Kier molecular flexibility index (Phi) is 5.28. The smallest absolute Gasteiger partial charge is 0.139 e. The van der Waals surface area contributed by atoms with E-state index < -0.39 is 0 Å². The number of oxime groups is 1. The van der Waals surface area contributed by atoms with Crippen molar-refractivity contribution < 1.29 is 5.21 Å². The maximum atomic E-state index is 8.36. The summed E-state index contributed by atoms with van der Waals surface area (Å²) in [7, 11) is 0. The average Bonchev–Trinajstić information content (AvgIpc) is 2.35. The Hall–Kier alpha value is -1.62. The van der Waals surface area contributed by atoms with E-state index in [4.69, 9.17) is 10.9 Å². The Morgan fingerprint density at radius 3 is 2.88 bits per heavy atom. The highest BCUT2D eigenvalue weighted by Gasteiger charge is 2.03. The molecule has 5 heteroatoms. The van der Waals surface area contributed by atoms with Crippen LogP contribution in [0.15, 0.2) is 29.7 Å². The third-order valence-electron chi connectivity index (χ3n) is 2.39. The topological polar surface area (TPSA) is 83.5 Å². The van der Waals surface area contributed by atoms with Crippen molar-refractivity contribution in [2.45, 2.75) is 25.8 Å². The van der Waals surface area contributed by atoms with Crippen molar-refractivity contribution in [2.75, 3.05) is 6.54 Å². The lowest BCUT2D eigenvalue weighted by Crippen LogP contribution is -2.21. The summed E-state index contributed by atoms with van der Waals surface area (Å²) in [6.45, 7) is 2.93. The molecule has 0 amide bonds. The van der Waals surface area contributed by atoms with Gasteiger partial charge in [0.2, 0.25) is 0 Å². The normalized spacial score (nSPS) is 13.7. The Morgan fingerprint density at radius 2 is 2.25 bits per heavy atom. The quantitative estimate of drug-likeness (QED) is 0.222. The van der Waals surface area contributed by atoms with Gasteiger partial charge in [-0.1, -0.05) is 5.16 Å². The molecular formula is C11H18N4O. The van der Waals surface area contributed by atoms with Crippen molar-refractivity contribution in [3.05, 3.63) is 30.1 Å². The number of hydrogen-bond acceptors (Lipinski definition) is 4. The van der Waals surface area contributed by atoms with Gasteiger partial charge >= 0.3 is 0 Å². The molecule has 0 saturated heterocycles. The number of nitrogens with zero attached hydrogens (tertiary/aromatic N) is 2. The highest BCUT2D eigenvalue weighted by molar-refractivity contribution is 5.79. The summed E-state index contributed by atoms with van der Waals surface area (Å²) in [6.07, 6.45) is 5.02. The fourth-order valence-electron chi connectivity index (χ4n) is 1.41. The molecule has 0 aliphatic carbocycles. The van der Waals surface area contributed by atoms with Crippen molar-refractivity contribution >= 4 is 5.84 Å². The Bertz CT molecular complexity index is 326. The highest BCUT2D eigenvalue weighted by Crippen LogP contribution is 2.09. The summed E-state index contributed by atoms with van der Waals surface area (Å²) >= 11 is 0. The van der Waals surface area contributed by atoms with Gasteiger partial charge in [0.1, 0.15) is 5.84 Å². The molecule has 0 aliphatic rings. The molecule has 0 aliphatic heterocycles. The van der Waals surface area contributed by atoms with Gasteiger partial charge in [-0.15, -0.1) is 0 Å². The second kappa shape index (κ2) is 6.79. The molecule has 5 nitrogen and oxygen atoms in total. The number of nitrogens with one attached hydrogen (secondary N) is 1. The van der Waals surface area contributed by atoms with Gasteiger partial charge in [0.25, 0.3) is 0 Å². The monoisotopic (exact) mass is 222 g/mol. The summed E-state index contributed by atoms with van der Waals surface area (Å²) in [5.74, 6) is 0.276. The van der Waals surface area contributed by atoms with E-state index in [1.807, 2.05) is 12.1 Å². The number of aromatic nitrogens is 1. The minimum Gasteiger partial charge on any atom is -0.409 e. The molecule has 1 heterocycles. The van der Waals surface area contributed by atoms with Gasteiger partial charge in [-0.25, -0.2) is 0 Å². The van der Waals surface area contributed by atoms with Gasteiger partial charge in [-0.3, -0.25) is 4.98 Å². The number of nitrogens with two attached hydrogens (primary N) is 1. The first-order valence-corrected chi connectivity index (χ1v) is 5.33. The number of hydrogen-bond donors (Lipinski definition) is 3. The van der Waals surface area contributed by atoms with Crippen LogP contribution in [0.2, 0.25) is 0 Å². The molecule has 0 saturated carbocycles. The fraction of sp³-hybridized carbons (Fsp3) is 0.455. The number of pyridine rings is 1. The Morgan fingerprint density at radius 1 is 1.56 bits per heavy atom. The van der Waals surface area contributed by atoms with E-state index in [-0.39, 0.29) is 11.9 Å². The van der Waals surface area contributed by atoms with Crippen LogP contribution in [0.25, 0.3) is 0 Å². The van der Waals surface area contributed by atoms with Gasteiger partial charge in [-0.05, 0) is 37.6 Å². The van der Waals surface area contributed by atoms with Crippen molar-refractivity contribution in [3.63, 3.8) is 0 Å². The molecule has 0 aromatic carbocycles. The molecule has 1 aromatic heterocycles. The van der Waals surface area contributed by atoms with E-state index in [2.05, 4.69) is 22.4 Å². The van der Waals surface area contributed by atoms with Crippen LogP contribution in [0.4, 0.5) is 0 Å². The predicted molar refractivity (Wildman–Crippen MR) is 63.3 cm³/mol. The molecule has 16 heavy (non-hydrogen) atoms. The lowest BCUT2D eigenvalue weighted by molar-refractivity contribution is 0.316. The van der Waals surface area contributed by atoms with Crippen LogP contribution < -0.4 is 11.1 Å². The summed E-state index contributed by atoms with van der Waals surface area (Å²) in [6, 6.07) is 4.26. The molecule has 0 radical (unpaired) electrons. The van der Waals surface area contributed by atoms with Gasteiger partial charge in [-0.2, -0.15) is 0 Å². The summed E-state index contributed by atoms with van der Waals surface area (Å²) in [5, 5.41) is 14.6. The third-order valence-corrected chi connectivity index (χ3v) is 2.39. The first-order valence-electron chi connectivity index (χ1n) is 5.33. The van der Waals surface area contributed by atoms with Crippen LogP contribution in [0.3, 0.4) is 0 Å². The van der Waals surface area contributed by atoms with Crippen molar-refractivity contribution in [2.24, 2.45) is 10.9 Å². The summed E-state index contributed by atoms with van der Waals surface area (Å²) in [5.41, 5.74) is 6.57. The molecule has 0 unspecified atom stereocenters. The minimum atomic E-state index is 0.276. The van der Waals surface area contributed by atoms with Crippen LogP contribution in [0, 0.1) is 0 Å². The molecule has 1 aromatic rings. The maximum Gasteiger partial charge on any atom is 0.139 e. The standard InChI is InChI=1S/C11H18N4O/c1-9(10-4-7-13-8-5-10)14-6-2-3-11(12)15-16/h4-5,7-9,14,16H,2-3,6H2,1H3,(H2,12,15)/t9-/m0/s1. The van der Waals surface area contributed by atoms with E-state index >= 15 is 0 Å². The zero-order valence-electron chi connectivity index (χ0n) is 9.43. The first-order chi connectivity index (χ1) is 7.74. The zero-order chi connectivity index (χ0) is 11.8. The van der Waals surface area contributed by atoms with Gasteiger partial charge in [0.05, 0.1) is 0 Å². The molecule has 4 N–H and O–H groups in total. The van der Waals surface area contributed by atoms with E-state index in [0.29, 0.717) is 6.42 Å². The SMILES string of the molecule is C[C@H](NCCC/C(N)=N/O)c1ccncc1. The van der Waals surface area contributed by atoms with E-state index in [0.717, 1.165) is 13.0 Å². The second-order valence-electron chi connectivity index (χ2n) is 3.65. The molecule has 0 bridgehead atoms. The van der Waals surface area contributed by atoms with E-state index in [9.17, 15) is 0 Å². The average molecular weight is 222 g/mol. The van der Waals surface area contributed by atoms with Crippen molar-refractivity contribution in [3.8, 4) is 0 Å². The van der Waals surface area contributed by atoms with Crippen LogP contribution in [0.5, 0.6) is 0 Å². The van der Waals surface area contributed by atoms with Gasteiger partial charge in [0.15, 0.2) is 0 Å². The largest absolute Gasteiger partial charge is 0.409 e. The third kappa shape index (κ3) is 4.27. The lowest BCUT2D eigenvalue weighted by atomic mass is 10.1. The molecule has 0 spiro atoms. The van der Waals surface area contributed by atoms with Gasteiger partial charge < -0.3 is 16.3 Å². The number of rotatable bonds is 6. The Labute approximate surface area is 95.4 Å². The van der Waals surface area contributed by atoms with Crippen LogP contribution in [-0.2, 0) is 0 Å². The number of amidine groups is 1. The summed E-state index contributed by atoms with van der Waals surface area (Å²) < 4.78 is 0. The van der Waals surface area contributed by atoms with Crippen LogP contribution in [-0.4, -0.2) is 22.6 Å². The van der Waals surface area contributed by atoms with Crippen molar-refractivity contribution in [1.29, 1.82) is 0 Å². The Balaban J connectivity index is 2.23. The maximum absolute atomic E-state index is 8.36. The second-order valence-corrected chi connectivity index (χ2v) is 3.65. The van der Waals surface area contributed by atoms with E-state index in [1.54, 1.807) is 12.4 Å². The van der Waals surface area contributed by atoms with Crippen LogP contribution in [0.1, 0.15) is 31.4 Å². The van der Waals surface area contributed by atoms with Crippen LogP contribution >= 0.6 is 0 Å². The fourth-order valence-corrected chi connectivity index (χ4v) is 1.41. The lowest BCUT2D eigenvalue weighted by Gasteiger charge is -2.13. The highest BCUT2D eigenvalue weighted by atomic mass is 16.4. The van der Waals surface area contributed by atoms with Crippen molar-refractivity contribution in [1.82, 2.24) is 10.3 Å². The minimum absolute atomic E-state index is 0.276. The molecular weight excluding hydrogens is 204 g/mol. The first kappa shape index (κ1) is 12.4. The van der Waals surface area contributed by atoms with Gasteiger partial charge in [0, 0.05) is 24.9 Å². The molecule has 1 atom stereocenters. The summed E-state index contributed by atoms with van der Waals surface area (Å²) in [4.78, 5) is 3.97. The van der Waals surface area contributed by atoms with E-state index in [1.165, 1.54) is 5.56 Å². The zero-order valence-corrected chi connectivity index (χ0v) is 9.43. The molecule has 88 valence electrons.